The van der Waals surface area contributed by atoms with Crippen molar-refractivity contribution in [2.75, 3.05) is 0 Å². The second kappa shape index (κ2) is 5.94. The molecule has 0 bridgehead atoms. The van der Waals surface area contributed by atoms with Crippen LogP contribution in [0, 0.1) is 11.5 Å². The molecule has 4 nitrogen and oxygen atoms in total. The first-order chi connectivity index (χ1) is 6.47. The number of rotatable bonds is 2. The summed E-state index contributed by atoms with van der Waals surface area (Å²) in [5, 5.41) is 8.40. The zero-order valence-electron chi connectivity index (χ0n) is 7.61. The Hall–Kier alpha value is 0.0400. The van der Waals surface area contributed by atoms with Gasteiger partial charge in [-0.25, -0.2) is 8.42 Å². The molecule has 1 rings (SSSR count). The fraction of sp³-hybridized carbons (Fsp3) is 0. The van der Waals surface area contributed by atoms with E-state index in [-0.39, 0.29) is 39.5 Å². The van der Waals surface area contributed by atoms with Crippen LogP contribution in [-0.2, 0) is 10.0 Å². The Bertz CT molecular complexity index is 498. The van der Waals surface area contributed by atoms with Crippen molar-refractivity contribution in [3.63, 3.8) is 0 Å². The maximum atomic E-state index is 11.2. The van der Waals surface area contributed by atoms with Crippen molar-refractivity contribution in [3.05, 3.63) is 33.0 Å². The Morgan fingerprint density at radius 3 is 2.40 bits per heavy atom. The van der Waals surface area contributed by atoms with Gasteiger partial charge in [-0.15, -0.1) is 0 Å². The number of hydrogen-bond acceptors (Lipinski definition) is 3. The van der Waals surface area contributed by atoms with Gasteiger partial charge in [-0.3, -0.25) is 0 Å². The van der Waals surface area contributed by atoms with E-state index in [1.165, 1.54) is 24.4 Å². The minimum atomic E-state index is -3.98. The summed E-state index contributed by atoms with van der Waals surface area (Å²) in [6.45, 7) is 0. The number of benzene rings is 1. The topological polar surface area (TPSA) is 72.0 Å². The Kier molecular flexibility index (Phi) is 5.96. The molecule has 15 heavy (non-hydrogen) atoms. The minimum Gasteiger partial charge on any atom is -0.493 e. The largest absolute Gasteiger partial charge is 1.00 e. The summed E-state index contributed by atoms with van der Waals surface area (Å²) < 4.78 is 25.3. The van der Waals surface area contributed by atoms with Crippen LogP contribution in [0.1, 0.15) is 0 Å². The summed E-state index contributed by atoms with van der Waals surface area (Å²) >= 11 is 11.2. The molecule has 1 aromatic rings. The standard InChI is InChI=1S/C7H3Cl2N2O2S.Na/c8-5-1-2-7(6(9)3-5)14(12,13)11-4-10;/h1-3H;/q-1;+1. The molecule has 0 fully saturated rings. The summed E-state index contributed by atoms with van der Waals surface area (Å²) in [7, 11) is -3.98. The van der Waals surface area contributed by atoms with Crippen molar-refractivity contribution >= 4 is 33.2 Å². The molecule has 0 saturated heterocycles. The van der Waals surface area contributed by atoms with Crippen LogP contribution in [0.5, 0.6) is 0 Å². The van der Waals surface area contributed by atoms with E-state index in [0.29, 0.717) is 5.02 Å². The third-order valence-corrected chi connectivity index (χ3v) is 3.23. The number of halogens is 2. The second-order valence-electron chi connectivity index (χ2n) is 2.24. The van der Waals surface area contributed by atoms with Gasteiger partial charge in [-0.1, -0.05) is 29.4 Å². The van der Waals surface area contributed by atoms with Gasteiger partial charge >= 0.3 is 29.6 Å². The molecule has 0 aliphatic rings. The SMILES string of the molecule is N#C[N-]S(=O)(=O)c1ccc(Cl)cc1Cl.[Na+]. The van der Waals surface area contributed by atoms with Gasteiger partial charge in [0.05, 0.1) is 9.92 Å². The van der Waals surface area contributed by atoms with Gasteiger partial charge in [0.1, 0.15) is 0 Å². The summed E-state index contributed by atoms with van der Waals surface area (Å²) in [4.78, 5) is -0.231. The van der Waals surface area contributed by atoms with E-state index < -0.39 is 10.0 Å². The maximum absolute atomic E-state index is 11.2. The van der Waals surface area contributed by atoms with E-state index in [0.717, 1.165) is 0 Å². The molecule has 0 spiro atoms. The summed E-state index contributed by atoms with van der Waals surface area (Å²) in [5.74, 6) is 0. The smallest absolute Gasteiger partial charge is 0.493 e. The van der Waals surface area contributed by atoms with Gasteiger partial charge in [0.25, 0.3) is 0 Å². The van der Waals surface area contributed by atoms with E-state index in [2.05, 4.69) is 4.72 Å². The second-order valence-corrected chi connectivity index (χ2v) is 4.66. The van der Waals surface area contributed by atoms with Crippen molar-refractivity contribution in [1.29, 1.82) is 5.26 Å². The fourth-order valence-corrected chi connectivity index (χ4v) is 2.24. The Labute approximate surface area is 120 Å². The van der Waals surface area contributed by atoms with E-state index >= 15 is 0 Å². The monoisotopic (exact) mass is 272 g/mol. The fourth-order valence-electron chi connectivity index (χ4n) is 0.787. The molecule has 0 aliphatic heterocycles. The van der Waals surface area contributed by atoms with Gasteiger partial charge in [-0.05, 0) is 18.2 Å². The molecule has 0 heterocycles. The number of hydrogen-bond donors (Lipinski definition) is 0. The molecular formula is C7H3Cl2N2NaO2S. The maximum Gasteiger partial charge on any atom is 1.00 e. The molecule has 0 atom stereocenters. The minimum absolute atomic E-state index is 0. The zero-order valence-corrected chi connectivity index (χ0v) is 11.9. The Balaban J connectivity index is 0.00000196. The van der Waals surface area contributed by atoms with E-state index in [1.807, 2.05) is 0 Å². The average Bonchev–Trinajstić information content (AvgIpc) is 2.02. The Morgan fingerprint density at radius 1 is 1.33 bits per heavy atom. The summed E-state index contributed by atoms with van der Waals surface area (Å²) in [6, 6.07) is 3.82. The Morgan fingerprint density at radius 2 is 1.93 bits per heavy atom. The van der Waals surface area contributed by atoms with E-state index in [9.17, 15) is 8.42 Å². The van der Waals surface area contributed by atoms with Gasteiger partial charge < -0.3 is 9.98 Å². The van der Waals surface area contributed by atoms with Crippen LogP contribution in [0.4, 0.5) is 0 Å². The van der Waals surface area contributed by atoms with Crippen molar-refractivity contribution < 1.29 is 38.0 Å². The van der Waals surface area contributed by atoms with Crippen molar-refractivity contribution in [2.45, 2.75) is 4.90 Å². The first-order valence-electron chi connectivity index (χ1n) is 3.28. The molecule has 0 aromatic heterocycles. The third-order valence-electron chi connectivity index (χ3n) is 1.33. The predicted octanol–water partition coefficient (Wildman–Crippen LogP) is -0.459. The van der Waals surface area contributed by atoms with Crippen LogP contribution < -0.4 is 29.6 Å². The molecule has 0 aliphatic carbocycles. The molecule has 0 unspecified atom stereocenters. The number of sulfonamides is 1. The quantitative estimate of drug-likeness (QED) is 0.540. The molecule has 0 saturated carbocycles. The summed E-state index contributed by atoms with van der Waals surface area (Å²) in [5.41, 5.74) is 0. The molecule has 74 valence electrons. The van der Waals surface area contributed by atoms with Gasteiger partial charge in [0.2, 0.25) is 10.0 Å². The molecular weight excluding hydrogens is 270 g/mol. The van der Waals surface area contributed by atoms with Crippen LogP contribution in [0.3, 0.4) is 0 Å². The van der Waals surface area contributed by atoms with E-state index in [4.69, 9.17) is 28.5 Å². The van der Waals surface area contributed by atoms with Crippen LogP contribution in [-0.4, -0.2) is 8.42 Å². The van der Waals surface area contributed by atoms with Crippen molar-refractivity contribution in [3.8, 4) is 6.19 Å². The third kappa shape index (κ3) is 3.83. The molecule has 0 radical (unpaired) electrons. The van der Waals surface area contributed by atoms with Gasteiger partial charge in [0, 0.05) is 5.02 Å². The van der Waals surface area contributed by atoms with Crippen molar-refractivity contribution in [2.24, 2.45) is 0 Å². The number of nitriles is 1. The molecule has 0 amide bonds. The number of nitrogens with zero attached hydrogens (tertiary/aromatic N) is 2. The first kappa shape index (κ1) is 15.0. The molecule has 0 N–H and O–H groups in total. The zero-order chi connectivity index (χ0) is 10.8. The van der Waals surface area contributed by atoms with Crippen LogP contribution in [0.25, 0.3) is 4.72 Å². The van der Waals surface area contributed by atoms with Crippen LogP contribution in [0.15, 0.2) is 23.1 Å². The molecule has 1 aromatic carbocycles. The first-order valence-corrected chi connectivity index (χ1v) is 5.48. The molecule has 8 heteroatoms. The van der Waals surface area contributed by atoms with Gasteiger partial charge in [-0.2, -0.15) is 0 Å². The predicted molar refractivity (Wildman–Crippen MR) is 52.6 cm³/mol. The van der Waals surface area contributed by atoms with Crippen LogP contribution >= 0.6 is 23.2 Å². The van der Waals surface area contributed by atoms with E-state index in [1.54, 1.807) is 0 Å². The van der Waals surface area contributed by atoms with Crippen molar-refractivity contribution in [1.82, 2.24) is 0 Å². The average molecular weight is 273 g/mol. The normalized spacial score (nSPS) is 9.93. The van der Waals surface area contributed by atoms with Gasteiger partial charge in [0.15, 0.2) is 0 Å². The summed E-state index contributed by atoms with van der Waals surface area (Å²) in [6.07, 6.45) is 1.19. The van der Waals surface area contributed by atoms with Crippen LogP contribution in [0.2, 0.25) is 10.0 Å².